The van der Waals surface area contributed by atoms with Crippen molar-refractivity contribution in [2.24, 2.45) is 23.5 Å². The number of carbonyl (C=O) groups is 16. The summed E-state index contributed by atoms with van der Waals surface area (Å²) in [5.74, 6) is -13.1. The van der Waals surface area contributed by atoms with E-state index in [0.717, 1.165) is 52.3 Å². The van der Waals surface area contributed by atoms with Crippen LogP contribution >= 0.6 is 32.9 Å². The molecule has 40 nitrogen and oxygen atoms in total. The van der Waals surface area contributed by atoms with Gasteiger partial charge in [0, 0.05) is 79.8 Å². The fourth-order valence-electron chi connectivity index (χ4n) is 12.5. The average Bonchev–Trinajstić information content (AvgIpc) is 1.37. The molecule has 0 spiro atoms. The Kier molecular flexibility index (Phi) is 46.2. The number of rotatable bonds is 54. The lowest BCUT2D eigenvalue weighted by molar-refractivity contribution is -0.159. The molecule has 2 heterocycles. The number of likely N-dealkylation sites (N-methyl/N-ethyl adjacent to an activating group) is 1. The van der Waals surface area contributed by atoms with Gasteiger partial charge in [-0.15, -0.1) is 11.3 Å². The number of aliphatic carboxylic acids is 4. The number of aliphatic hydroxyl groups is 1. The zero-order valence-corrected chi connectivity index (χ0v) is 71.7. The van der Waals surface area contributed by atoms with Crippen LogP contribution in [-0.2, 0) is 81.6 Å². The van der Waals surface area contributed by atoms with Crippen molar-refractivity contribution in [1.29, 1.82) is 0 Å². The SMILES string of the molecule is CCCC(=O)OCN(C(=O)[C@@H](NC(=O)[C@H]1CCCCN1C)C(C)CC)[C@H](C[C@@H](O)c1nc(C(=O)N[C@@H](Cc2ccc(O)cc2)C[C@H](C)C(=O)NNC(=O)OCCSSC[C@H](NC(=O)[C@H](CC(=O)O)NC(=O)[C@H](CCCNC(N)=O)NC(=O)Cc2ccc(CNC(=O)NCCCC[C@@H](C)NC(=O)N[C@@H](CCC(=O)O)C(=O)O)cc2)C(=O)O)cs1)C(C)C. The van der Waals surface area contributed by atoms with Gasteiger partial charge in [-0.2, -0.15) is 0 Å². The summed E-state index contributed by atoms with van der Waals surface area (Å²) in [6.45, 7) is 12.8. The number of carbonyl (C=O) groups excluding carboxylic acids is 12. The number of thiazole rings is 1. The van der Waals surface area contributed by atoms with Crippen LogP contribution in [0.25, 0.3) is 0 Å². The second kappa shape index (κ2) is 54.5. The van der Waals surface area contributed by atoms with E-state index in [-0.39, 0.29) is 129 Å². The van der Waals surface area contributed by atoms with Crippen LogP contribution in [0.15, 0.2) is 53.9 Å². The highest BCUT2D eigenvalue weighted by molar-refractivity contribution is 8.76. The number of likely N-dealkylation sites (tertiary alicyclic amines) is 1. The Balaban J connectivity index is 1.28. The number of nitrogens with two attached hydrogens (primary N) is 1. The largest absolute Gasteiger partial charge is 0.508 e. The molecule has 1 aliphatic rings. The molecule has 43 heteroatoms. The lowest BCUT2D eigenvalue weighted by Crippen LogP contribution is -2.59. The molecule has 1 aromatic heterocycles. The number of hydrogen-bond acceptors (Lipinski definition) is 25. The Hall–Kier alpha value is -10.8. The number of ether oxygens (including phenoxy) is 2. The van der Waals surface area contributed by atoms with Gasteiger partial charge in [0.2, 0.25) is 35.4 Å². The van der Waals surface area contributed by atoms with Crippen molar-refractivity contribution < 1.29 is 117 Å². The Labute approximate surface area is 713 Å². The molecule has 1 fully saturated rings. The summed E-state index contributed by atoms with van der Waals surface area (Å²) in [6, 6.07) is 0.847. The smallest absolute Gasteiger partial charge is 0.426 e. The maximum atomic E-state index is 14.8. The van der Waals surface area contributed by atoms with Crippen molar-refractivity contribution in [2.45, 2.75) is 231 Å². The van der Waals surface area contributed by atoms with E-state index < -0.39 is 169 Å². The molecule has 12 atom stereocenters. The topological polar surface area (TPSA) is 603 Å². The van der Waals surface area contributed by atoms with Crippen LogP contribution in [0.5, 0.6) is 5.75 Å². The summed E-state index contributed by atoms with van der Waals surface area (Å²) in [4.78, 5) is 213. The molecule has 3 aromatic rings. The predicted octanol–water partition coefficient (Wildman–Crippen LogP) is 3.63. The van der Waals surface area contributed by atoms with Gasteiger partial charge < -0.3 is 104 Å². The van der Waals surface area contributed by atoms with E-state index in [0.29, 0.717) is 55.2 Å². The number of benzene rings is 2. The van der Waals surface area contributed by atoms with Crippen LogP contribution in [0.2, 0.25) is 0 Å². The predicted molar refractivity (Wildman–Crippen MR) is 445 cm³/mol. The number of carboxylic acid groups (broad SMARTS) is 4. The third kappa shape index (κ3) is 39.5. The van der Waals surface area contributed by atoms with Gasteiger partial charge in [-0.25, -0.2) is 39.2 Å². The molecule has 1 aliphatic heterocycles. The molecule has 4 rings (SSSR count). The Morgan fingerprint density at radius 3 is 1.96 bits per heavy atom. The summed E-state index contributed by atoms with van der Waals surface area (Å²) in [7, 11) is 3.80. The minimum absolute atomic E-state index is 0.00932. The lowest BCUT2D eigenvalue weighted by atomic mass is 9.92. The van der Waals surface area contributed by atoms with Gasteiger partial charge in [0.15, 0.2) is 6.73 Å². The molecule has 0 saturated carbocycles. The first kappa shape index (κ1) is 103. The average molecular weight is 1760 g/mol. The first-order chi connectivity index (χ1) is 57.4. The van der Waals surface area contributed by atoms with E-state index in [1.807, 2.05) is 46.6 Å². The van der Waals surface area contributed by atoms with Gasteiger partial charge in [0.25, 0.3) is 5.91 Å². The minimum atomic E-state index is -1.87. The fourth-order valence-corrected chi connectivity index (χ4v) is 15.3. The van der Waals surface area contributed by atoms with Gasteiger partial charge >= 0.3 is 54.0 Å². The normalized spacial score (nSPS) is 15.3. The van der Waals surface area contributed by atoms with E-state index in [4.69, 9.17) is 20.3 Å². The number of amides is 14. The van der Waals surface area contributed by atoms with Crippen LogP contribution in [0.3, 0.4) is 0 Å². The number of aromatic nitrogens is 1. The van der Waals surface area contributed by atoms with Crippen LogP contribution in [0, 0.1) is 17.8 Å². The molecular formula is C78H118N16O24S3. The standard InChI is InChI=1S/C78H118N16O24S3/c1-9-16-64(102)118-43-94(72(108)65(45(5)10-2)90-70(107)58-19-12-14-32-93(58)8)59(44(3)4)39-60(96)71-88-56(41-119-71)69(106)84-51(36-48-24-26-52(95)27-25-48)35-46(6)66(103)91-92-78(116)117-33-34-120-121-42-57(74(111)112)87-68(105)55(38-63(100)101)86-67(104)53(18-15-31-80-75(79)113)85-61(97)37-49-20-22-50(23-21-49)40-82-76(114)81-30-13-11-17-47(7)83-77(115)89-54(73(109)110)28-29-62(98)99/h20-27,41,44-47,51,53-55,57-60,65,95-96H,9-19,28-40,42-43H2,1-8H3,(H,84,106)(H,85,97)(H,86,104)(H,87,105)(H,90,107)(H,91,103)(H,92,116)(H,98,99)(H,100,101)(H,109,110)(H,111,112)(H3,79,80,113)(H2,81,82,114)(H2,83,89,115)/t45?,46-,47+,51+,53-,54-,55-,57-,58+,59+,60+,65-/m0/s1. The molecule has 1 saturated heterocycles. The number of urea groups is 3. The molecule has 20 N–H and O–H groups in total. The van der Waals surface area contributed by atoms with Gasteiger partial charge in [0.1, 0.15) is 59.4 Å². The fraction of sp³-hybridized carbons (Fsp3) is 0.603. The van der Waals surface area contributed by atoms with Gasteiger partial charge in [-0.3, -0.25) is 58.3 Å². The number of nitrogens with zero attached hydrogens (tertiary/aromatic N) is 3. The summed E-state index contributed by atoms with van der Waals surface area (Å²) in [6.07, 6.45) is 0.626. The van der Waals surface area contributed by atoms with E-state index in [2.05, 4.69) is 69.0 Å². The number of primary amides is 1. The zero-order valence-electron chi connectivity index (χ0n) is 69.3. The third-order valence-electron chi connectivity index (χ3n) is 19.5. The maximum absolute atomic E-state index is 14.8. The highest BCUT2D eigenvalue weighted by atomic mass is 33.1. The number of unbranched alkanes of at least 4 members (excludes halogenated alkanes) is 1. The summed E-state index contributed by atoms with van der Waals surface area (Å²) >= 11 is 0.994. The number of hydrogen-bond donors (Lipinski definition) is 19. The van der Waals surface area contributed by atoms with Crippen molar-refractivity contribution in [3.8, 4) is 5.75 Å². The third-order valence-corrected chi connectivity index (χ3v) is 22.9. The molecule has 0 bridgehead atoms. The van der Waals surface area contributed by atoms with Crippen molar-refractivity contribution >= 4 is 128 Å². The first-order valence-corrected chi connectivity index (χ1v) is 43.4. The maximum Gasteiger partial charge on any atom is 0.426 e. The lowest BCUT2D eigenvalue weighted by Gasteiger charge is -2.39. The van der Waals surface area contributed by atoms with E-state index in [9.17, 15) is 102 Å². The highest BCUT2D eigenvalue weighted by Crippen LogP contribution is 2.30. The molecule has 2 aromatic carbocycles. The molecule has 0 radical (unpaired) electrons. The number of phenolic OH excluding ortho intramolecular Hbond substituents is 1. The summed E-state index contributed by atoms with van der Waals surface area (Å²) in [5, 5.41) is 87.0. The monoisotopic (exact) mass is 1760 g/mol. The molecule has 1 unspecified atom stereocenters. The number of aromatic hydroxyl groups is 1. The summed E-state index contributed by atoms with van der Waals surface area (Å²) in [5.41, 5.74) is 11.3. The Morgan fingerprint density at radius 1 is 0.661 bits per heavy atom. The summed E-state index contributed by atoms with van der Waals surface area (Å²) < 4.78 is 10.8. The van der Waals surface area contributed by atoms with Crippen molar-refractivity contribution in [3.63, 3.8) is 0 Å². The molecule has 672 valence electrons. The molecular weight excluding hydrogens is 1640 g/mol. The highest BCUT2D eigenvalue weighted by Gasteiger charge is 2.40. The number of carboxylic acids is 4. The van der Waals surface area contributed by atoms with Crippen molar-refractivity contribution in [3.05, 3.63) is 81.3 Å². The second-order valence-corrected chi connectivity index (χ2v) is 33.3. The van der Waals surface area contributed by atoms with Crippen LogP contribution in [0.1, 0.15) is 189 Å². The van der Waals surface area contributed by atoms with Gasteiger partial charge in [0.05, 0.1) is 18.9 Å². The van der Waals surface area contributed by atoms with Crippen LogP contribution in [0.4, 0.5) is 19.2 Å². The second-order valence-electron chi connectivity index (χ2n) is 29.8. The van der Waals surface area contributed by atoms with Crippen LogP contribution in [-0.4, -0.2) is 247 Å². The zero-order chi connectivity index (χ0) is 89.8. The molecule has 0 aliphatic carbocycles. The Morgan fingerprint density at radius 2 is 1.32 bits per heavy atom. The minimum Gasteiger partial charge on any atom is -0.508 e. The number of aliphatic hydroxyl groups excluding tert-OH is 1. The van der Waals surface area contributed by atoms with E-state index in [1.54, 1.807) is 43.3 Å². The van der Waals surface area contributed by atoms with E-state index in [1.165, 1.54) is 29.3 Å². The quantitative estimate of drug-likeness (QED) is 0.0126. The van der Waals surface area contributed by atoms with Crippen molar-refractivity contribution in [2.75, 3.05) is 51.5 Å². The Bertz CT molecular complexity index is 3920. The number of phenols is 1. The number of esters is 1. The molecule has 14 amide bonds. The molecule has 121 heavy (non-hydrogen) atoms. The number of piperidine rings is 1. The number of nitrogens with one attached hydrogen (secondary N) is 12. The van der Waals surface area contributed by atoms with E-state index >= 15 is 0 Å². The van der Waals surface area contributed by atoms with Gasteiger partial charge in [-0.1, -0.05) is 112 Å². The van der Waals surface area contributed by atoms with Crippen LogP contribution < -0.4 is 69.8 Å². The first-order valence-electron chi connectivity index (χ1n) is 40.0. The number of hydrazine groups is 1. The van der Waals surface area contributed by atoms with Gasteiger partial charge in [-0.05, 0) is 132 Å². The van der Waals surface area contributed by atoms with Crippen molar-refractivity contribution in [1.82, 2.24) is 78.8 Å².